The van der Waals surface area contributed by atoms with E-state index in [1.165, 1.54) is 16.8 Å². The molecule has 30 heavy (non-hydrogen) atoms. The highest BCUT2D eigenvalue weighted by atomic mass is 32.1. The average molecular weight is 414 g/mol. The number of fused-ring (bicyclic) bond motifs is 2. The molecule has 1 N–H and O–H groups in total. The van der Waals surface area contributed by atoms with Crippen LogP contribution in [0.5, 0.6) is 0 Å². The molecule has 1 amide bonds. The topological polar surface area (TPSA) is 45.2 Å². The number of para-hydroxylation sites is 2. The summed E-state index contributed by atoms with van der Waals surface area (Å²) in [4.78, 5) is 20.1. The number of hydrogen-bond donors (Lipinski definition) is 1. The second-order valence-electron chi connectivity index (χ2n) is 7.52. The first kappa shape index (κ1) is 18.8. The number of carbonyl (C=O) groups excluding carboxylic acids is 1. The van der Waals surface area contributed by atoms with E-state index >= 15 is 0 Å². The van der Waals surface area contributed by atoms with Crippen molar-refractivity contribution in [3.8, 4) is 0 Å². The van der Waals surface area contributed by atoms with Crippen LogP contribution in [0.15, 0.2) is 72.8 Å². The Hall–Kier alpha value is -3.18. The zero-order valence-corrected chi connectivity index (χ0v) is 17.5. The van der Waals surface area contributed by atoms with Crippen LogP contribution in [-0.2, 0) is 12.8 Å². The Morgan fingerprint density at radius 1 is 1.00 bits per heavy atom. The van der Waals surface area contributed by atoms with Gasteiger partial charge in [0.1, 0.15) is 0 Å². The summed E-state index contributed by atoms with van der Waals surface area (Å²) in [5.41, 5.74) is 5.25. The summed E-state index contributed by atoms with van der Waals surface area (Å²) in [6.07, 6.45) is 3.03. The monoisotopic (exact) mass is 413 g/mol. The van der Waals surface area contributed by atoms with Crippen molar-refractivity contribution in [2.24, 2.45) is 0 Å². The van der Waals surface area contributed by atoms with Crippen LogP contribution in [0.2, 0.25) is 0 Å². The van der Waals surface area contributed by atoms with Crippen molar-refractivity contribution in [3.05, 3.63) is 89.5 Å². The molecule has 5 rings (SSSR count). The zero-order valence-electron chi connectivity index (χ0n) is 16.7. The van der Waals surface area contributed by atoms with Gasteiger partial charge in [0.2, 0.25) is 0 Å². The third-order valence-electron chi connectivity index (χ3n) is 5.54. The molecule has 0 aliphatic carbocycles. The van der Waals surface area contributed by atoms with Gasteiger partial charge >= 0.3 is 0 Å². The molecule has 0 saturated carbocycles. The highest BCUT2D eigenvalue weighted by Crippen LogP contribution is 2.38. The standard InChI is InChI=1S/C25H23N3OS/c29-24(26-16-15-18-8-2-1-3-9-18)20-12-6-14-22-23(20)27-25(30-22)28-17-7-11-19-10-4-5-13-21(19)28/h1-6,8-10,12-14H,7,11,15-17H2,(H,26,29). The lowest BCUT2D eigenvalue weighted by molar-refractivity contribution is 0.0955. The molecule has 1 aliphatic heterocycles. The molecule has 4 nitrogen and oxygen atoms in total. The Kier molecular flexibility index (Phi) is 5.20. The Bertz CT molecular complexity index is 1190. The SMILES string of the molecule is O=C(NCCc1ccccc1)c1cccc2sc(N3CCCc4ccccc43)nc12. The molecule has 4 aromatic rings. The largest absolute Gasteiger partial charge is 0.352 e. The lowest BCUT2D eigenvalue weighted by Crippen LogP contribution is -2.26. The van der Waals surface area contributed by atoms with Gasteiger partial charge in [-0.15, -0.1) is 0 Å². The smallest absolute Gasteiger partial charge is 0.253 e. The van der Waals surface area contributed by atoms with E-state index in [0.29, 0.717) is 12.1 Å². The summed E-state index contributed by atoms with van der Waals surface area (Å²) in [7, 11) is 0. The molecule has 2 heterocycles. The number of aromatic nitrogens is 1. The fourth-order valence-electron chi connectivity index (χ4n) is 4.03. The van der Waals surface area contributed by atoms with Crippen LogP contribution in [0.25, 0.3) is 10.2 Å². The zero-order chi connectivity index (χ0) is 20.3. The van der Waals surface area contributed by atoms with E-state index < -0.39 is 0 Å². The maximum Gasteiger partial charge on any atom is 0.253 e. The predicted molar refractivity (Wildman–Crippen MR) is 124 cm³/mol. The second kappa shape index (κ2) is 8.28. The molecule has 5 heteroatoms. The fraction of sp³-hybridized carbons (Fsp3) is 0.200. The Morgan fingerprint density at radius 2 is 1.83 bits per heavy atom. The third-order valence-corrected chi connectivity index (χ3v) is 6.58. The molecule has 1 aliphatic rings. The lowest BCUT2D eigenvalue weighted by Gasteiger charge is -2.28. The molecule has 150 valence electrons. The van der Waals surface area contributed by atoms with Gasteiger partial charge in [0.25, 0.3) is 5.91 Å². The van der Waals surface area contributed by atoms with E-state index in [9.17, 15) is 4.79 Å². The van der Waals surface area contributed by atoms with Gasteiger partial charge in [0.15, 0.2) is 5.13 Å². The number of hydrogen-bond acceptors (Lipinski definition) is 4. The van der Waals surface area contributed by atoms with E-state index in [0.717, 1.165) is 41.2 Å². The van der Waals surface area contributed by atoms with Gasteiger partial charge in [-0.1, -0.05) is 65.9 Å². The van der Waals surface area contributed by atoms with Crippen molar-refractivity contribution in [2.75, 3.05) is 18.0 Å². The summed E-state index contributed by atoms with van der Waals surface area (Å²) in [6, 6.07) is 24.6. The average Bonchev–Trinajstić information content (AvgIpc) is 3.23. The van der Waals surface area contributed by atoms with Crippen LogP contribution in [-0.4, -0.2) is 24.0 Å². The maximum atomic E-state index is 12.9. The summed E-state index contributed by atoms with van der Waals surface area (Å²) in [5.74, 6) is -0.0626. The van der Waals surface area contributed by atoms with Crippen LogP contribution >= 0.6 is 11.3 Å². The van der Waals surface area contributed by atoms with Crippen LogP contribution < -0.4 is 10.2 Å². The molecular weight excluding hydrogens is 390 g/mol. The molecule has 1 aromatic heterocycles. The Balaban J connectivity index is 1.39. The van der Waals surface area contributed by atoms with E-state index in [4.69, 9.17) is 4.98 Å². The Morgan fingerprint density at radius 3 is 2.73 bits per heavy atom. The molecular formula is C25H23N3OS. The van der Waals surface area contributed by atoms with Crippen molar-refractivity contribution >= 4 is 38.3 Å². The summed E-state index contributed by atoms with van der Waals surface area (Å²) >= 11 is 1.65. The number of rotatable bonds is 5. The number of benzene rings is 3. The summed E-state index contributed by atoms with van der Waals surface area (Å²) in [6.45, 7) is 1.56. The normalized spacial score (nSPS) is 13.3. The minimum absolute atomic E-state index is 0.0626. The number of nitrogens with zero attached hydrogens (tertiary/aromatic N) is 2. The molecule has 0 fully saturated rings. The van der Waals surface area contributed by atoms with Crippen molar-refractivity contribution in [1.29, 1.82) is 0 Å². The fourth-order valence-corrected chi connectivity index (χ4v) is 5.06. The molecule has 0 atom stereocenters. The highest BCUT2D eigenvalue weighted by molar-refractivity contribution is 7.22. The highest BCUT2D eigenvalue weighted by Gasteiger charge is 2.22. The Labute approximate surface area is 180 Å². The lowest BCUT2D eigenvalue weighted by atomic mass is 10.0. The van der Waals surface area contributed by atoms with Crippen molar-refractivity contribution in [3.63, 3.8) is 0 Å². The first-order valence-corrected chi connectivity index (χ1v) is 11.2. The number of aryl methyl sites for hydroxylation is 1. The van der Waals surface area contributed by atoms with Gasteiger partial charge in [-0.3, -0.25) is 4.79 Å². The van der Waals surface area contributed by atoms with E-state index in [1.54, 1.807) is 11.3 Å². The first-order valence-electron chi connectivity index (χ1n) is 10.4. The van der Waals surface area contributed by atoms with Gasteiger partial charge in [0.05, 0.1) is 15.8 Å². The van der Waals surface area contributed by atoms with Gasteiger partial charge in [0, 0.05) is 18.8 Å². The number of carbonyl (C=O) groups is 1. The van der Waals surface area contributed by atoms with E-state index in [2.05, 4.69) is 46.6 Å². The van der Waals surface area contributed by atoms with E-state index in [-0.39, 0.29) is 5.91 Å². The maximum absolute atomic E-state index is 12.9. The van der Waals surface area contributed by atoms with Gasteiger partial charge < -0.3 is 10.2 Å². The number of anilines is 2. The number of thiazole rings is 1. The van der Waals surface area contributed by atoms with Crippen LogP contribution in [0.1, 0.15) is 27.9 Å². The predicted octanol–water partition coefficient (Wildman–Crippen LogP) is 5.35. The van der Waals surface area contributed by atoms with Crippen LogP contribution in [0.4, 0.5) is 10.8 Å². The first-order chi connectivity index (χ1) is 14.8. The van der Waals surface area contributed by atoms with Gasteiger partial charge in [-0.05, 0) is 48.6 Å². The molecule has 0 saturated heterocycles. The molecule has 0 unspecified atom stereocenters. The van der Waals surface area contributed by atoms with E-state index in [1.807, 2.05) is 36.4 Å². The third kappa shape index (κ3) is 3.68. The summed E-state index contributed by atoms with van der Waals surface area (Å²) < 4.78 is 1.05. The minimum atomic E-state index is -0.0626. The molecule has 0 bridgehead atoms. The second-order valence-corrected chi connectivity index (χ2v) is 8.53. The number of amides is 1. The van der Waals surface area contributed by atoms with Crippen LogP contribution in [0.3, 0.4) is 0 Å². The molecule has 0 radical (unpaired) electrons. The van der Waals surface area contributed by atoms with Crippen molar-refractivity contribution in [2.45, 2.75) is 19.3 Å². The minimum Gasteiger partial charge on any atom is -0.352 e. The summed E-state index contributed by atoms with van der Waals surface area (Å²) in [5, 5.41) is 4.02. The van der Waals surface area contributed by atoms with Crippen LogP contribution in [0, 0.1) is 0 Å². The molecule has 3 aromatic carbocycles. The quantitative estimate of drug-likeness (QED) is 0.479. The van der Waals surface area contributed by atoms with Gasteiger partial charge in [-0.25, -0.2) is 4.98 Å². The number of nitrogens with one attached hydrogen (secondary N) is 1. The molecule has 0 spiro atoms. The van der Waals surface area contributed by atoms with Crippen molar-refractivity contribution in [1.82, 2.24) is 10.3 Å². The van der Waals surface area contributed by atoms with Crippen molar-refractivity contribution < 1.29 is 4.79 Å². The van der Waals surface area contributed by atoms with Gasteiger partial charge in [-0.2, -0.15) is 0 Å².